The summed E-state index contributed by atoms with van der Waals surface area (Å²) in [4.78, 5) is 21.6. The first kappa shape index (κ1) is 18.3. The van der Waals surface area contributed by atoms with Gasteiger partial charge in [0.25, 0.3) is 5.91 Å². The van der Waals surface area contributed by atoms with Crippen LogP contribution in [0, 0.1) is 0 Å². The highest BCUT2D eigenvalue weighted by Gasteiger charge is 2.28. The summed E-state index contributed by atoms with van der Waals surface area (Å²) in [6.07, 6.45) is 2.45. The molecule has 2 aliphatic heterocycles. The van der Waals surface area contributed by atoms with E-state index in [2.05, 4.69) is 26.4 Å². The maximum absolute atomic E-state index is 13.1. The van der Waals surface area contributed by atoms with E-state index in [1.54, 1.807) is 18.3 Å². The molecule has 1 aromatic carbocycles. The fourth-order valence-corrected chi connectivity index (χ4v) is 4.60. The zero-order valence-electron chi connectivity index (χ0n) is 16.0. The molecule has 0 spiro atoms. The molecule has 2 saturated heterocycles. The van der Waals surface area contributed by atoms with Gasteiger partial charge in [-0.25, -0.2) is 4.98 Å². The molecular weight excluding hydrogens is 388 g/mol. The van der Waals surface area contributed by atoms with E-state index in [-0.39, 0.29) is 12.0 Å². The summed E-state index contributed by atoms with van der Waals surface area (Å²) < 4.78 is 17.1. The Morgan fingerprint density at radius 1 is 1.14 bits per heavy atom. The van der Waals surface area contributed by atoms with Crippen LogP contribution >= 0.6 is 11.5 Å². The molecule has 2 fully saturated rings. The Bertz CT molecular complexity index is 1010. The zero-order chi connectivity index (χ0) is 19.6. The quantitative estimate of drug-likeness (QED) is 0.659. The third-order valence-electron chi connectivity index (χ3n) is 5.39. The lowest BCUT2D eigenvalue weighted by Gasteiger charge is -2.35. The fourth-order valence-electron chi connectivity index (χ4n) is 3.80. The summed E-state index contributed by atoms with van der Waals surface area (Å²) in [7, 11) is 0. The maximum Gasteiger partial charge on any atom is 0.259 e. The predicted octanol–water partition coefficient (Wildman–Crippen LogP) is 2.82. The molecule has 2 aromatic heterocycles. The second-order valence-corrected chi connectivity index (χ2v) is 8.05. The van der Waals surface area contributed by atoms with Crippen molar-refractivity contribution in [3.05, 3.63) is 48.2 Å². The van der Waals surface area contributed by atoms with Crippen LogP contribution in [0.3, 0.4) is 0 Å². The van der Waals surface area contributed by atoms with Crippen molar-refractivity contribution in [2.24, 2.45) is 0 Å². The molecule has 7 nitrogen and oxygen atoms in total. The number of rotatable bonds is 4. The maximum atomic E-state index is 13.1. The van der Waals surface area contributed by atoms with Gasteiger partial charge in [0.05, 0.1) is 17.9 Å². The molecule has 5 rings (SSSR count). The van der Waals surface area contributed by atoms with Crippen LogP contribution in [0.5, 0.6) is 5.88 Å². The molecule has 8 heteroatoms. The Morgan fingerprint density at radius 3 is 2.83 bits per heavy atom. The number of ether oxygens (including phenoxy) is 2. The molecule has 4 heterocycles. The van der Waals surface area contributed by atoms with Crippen LogP contribution in [-0.2, 0) is 4.74 Å². The molecule has 0 aliphatic carbocycles. The van der Waals surface area contributed by atoms with Crippen molar-refractivity contribution < 1.29 is 14.3 Å². The number of hydrogen-bond acceptors (Lipinski definition) is 7. The van der Waals surface area contributed by atoms with E-state index in [0.717, 1.165) is 25.3 Å². The van der Waals surface area contributed by atoms with E-state index in [9.17, 15) is 4.79 Å². The van der Waals surface area contributed by atoms with E-state index in [1.165, 1.54) is 21.6 Å². The summed E-state index contributed by atoms with van der Waals surface area (Å²) in [6.45, 7) is 4.04. The number of aromatic nitrogens is 2. The summed E-state index contributed by atoms with van der Waals surface area (Å²) in [5, 5.41) is 1.18. The Morgan fingerprint density at radius 2 is 2.00 bits per heavy atom. The molecule has 0 N–H and O–H groups in total. The number of amides is 1. The standard InChI is InChI=1S/C21H22N4O3S/c26-21(17-5-3-8-22-20(17)28-15-7-13-27-14-15)25-11-9-24(10-12-25)19-16-4-1-2-6-18(16)29-23-19/h1-6,8,15H,7,9-14H2/t15-/m0/s1. The minimum atomic E-state index is -0.0359. The van der Waals surface area contributed by atoms with E-state index in [1.807, 2.05) is 17.0 Å². The number of carbonyl (C=O) groups is 1. The number of benzene rings is 1. The van der Waals surface area contributed by atoms with E-state index < -0.39 is 0 Å². The zero-order valence-corrected chi connectivity index (χ0v) is 16.8. The van der Waals surface area contributed by atoms with Gasteiger partial charge in [-0.05, 0) is 35.8 Å². The largest absolute Gasteiger partial charge is 0.471 e. The molecule has 0 unspecified atom stereocenters. The highest BCUT2D eigenvalue weighted by atomic mass is 32.1. The van der Waals surface area contributed by atoms with Crippen molar-refractivity contribution in [3.8, 4) is 5.88 Å². The molecule has 0 radical (unpaired) electrons. The van der Waals surface area contributed by atoms with Gasteiger partial charge in [0.15, 0.2) is 0 Å². The first-order chi connectivity index (χ1) is 14.3. The van der Waals surface area contributed by atoms with Gasteiger partial charge in [-0.1, -0.05) is 12.1 Å². The normalized spacial score (nSPS) is 19.7. The van der Waals surface area contributed by atoms with Crippen molar-refractivity contribution in [3.63, 3.8) is 0 Å². The lowest BCUT2D eigenvalue weighted by atomic mass is 10.2. The number of anilines is 1. The van der Waals surface area contributed by atoms with E-state index in [0.29, 0.717) is 37.7 Å². The van der Waals surface area contributed by atoms with Gasteiger partial charge in [0.1, 0.15) is 17.5 Å². The molecule has 1 atom stereocenters. The average molecular weight is 410 g/mol. The van der Waals surface area contributed by atoms with E-state index in [4.69, 9.17) is 9.47 Å². The number of nitrogens with zero attached hydrogens (tertiary/aromatic N) is 4. The van der Waals surface area contributed by atoms with Crippen molar-refractivity contribution in [1.29, 1.82) is 0 Å². The lowest BCUT2D eigenvalue weighted by molar-refractivity contribution is 0.0735. The number of carbonyl (C=O) groups excluding carboxylic acids is 1. The van der Waals surface area contributed by atoms with Crippen molar-refractivity contribution in [1.82, 2.24) is 14.3 Å². The minimum absolute atomic E-state index is 0.0326. The number of fused-ring (bicyclic) bond motifs is 1. The molecule has 2 aliphatic rings. The van der Waals surface area contributed by atoms with Gasteiger partial charge in [-0.3, -0.25) is 4.79 Å². The predicted molar refractivity (Wildman–Crippen MR) is 112 cm³/mol. The molecule has 29 heavy (non-hydrogen) atoms. The van der Waals surface area contributed by atoms with Crippen LogP contribution in [0.1, 0.15) is 16.8 Å². The fraction of sp³-hybridized carbons (Fsp3) is 0.381. The Balaban J connectivity index is 1.28. The van der Waals surface area contributed by atoms with Crippen LogP contribution in [0.15, 0.2) is 42.6 Å². The van der Waals surface area contributed by atoms with Gasteiger partial charge >= 0.3 is 0 Å². The third kappa shape index (κ3) is 3.65. The van der Waals surface area contributed by atoms with Crippen LogP contribution in [0.4, 0.5) is 5.82 Å². The van der Waals surface area contributed by atoms with Gasteiger partial charge in [-0.15, -0.1) is 0 Å². The summed E-state index contributed by atoms with van der Waals surface area (Å²) in [5.41, 5.74) is 0.520. The SMILES string of the molecule is O=C(c1cccnc1O[C@H]1CCOC1)N1CCN(c2nsc3ccccc23)CC1. The van der Waals surface area contributed by atoms with Gasteiger partial charge in [0, 0.05) is 44.2 Å². The van der Waals surface area contributed by atoms with Gasteiger partial charge < -0.3 is 19.3 Å². The number of piperazine rings is 1. The lowest BCUT2D eigenvalue weighted by Crippen LogP contribution is -2.49. The van der Waals surface area contributed by atoms with Crippen LogP contribution in [0.25, 0.3) is 10.1 Å². The highest BCUT2D eigenvalue weighted by Crippen LogP contribution is 2.30. The Kier molecular flexibility index (Phi) is 5.03. The smallest absolute Gasteiger partial charge is 0.259 e. The van der Waals surface area contributed by atoms with E-state index >= 15 is 0 Å². The van der Waals surface area contributed by atoms with Crippen LogP contribution < -0.4 is 9.64 Å². The van der Waals surface area contributed by atoms with Gasteiger partial charge in [0.2, 0.25) is 5.88 Å². The van der Waals surface area contributed by atoms with Crippen molar-refractivity contribution >= 4 is 33.3 Å². The third-order valence-corrected chi connectivity index (χ3v) is 6.21. The first-order valence-electron chi connectivity index (χ1n) is 9.87. The molecule has 1 amide bonds. The highest BCUT2D eigenvalue weighted by molar-refractivity contribution is 7.13. The first-order valence-corrected chi connectivity index (χ1v) is 10.6. The summed E-state index contributed by atoms with van der Waals surface area (Å²) >= 11 is 1.52. The monoisotopic (exact) mass is 410 g/mol. The van der Waals surface area contributed by atoms with Crippen molar-refractivity contribution in [2.45, 2.75) is 12.5 Å². The topological polar surface area (TPSA) is 67.8 Å². The van der Waals surface area contributed by atoms with Crippen molar-refractivity contribution in [2.75, 3.05) is 44.3 Å². The van der Waals surface area contributed by atoms with Gasteiger partial charge in [-0.2, -0.15) is 4.37 Å². The Labute approximate surface area is 173 Å². The molecular formula is C21H22N4O3S. The number of hydrogen-bond donors (Lipinski definition) is 0. The summed E-state index contributed by atoms with van der Waals surface area (Å²) in [5.74, 6) is 1.39. The van der Waals surface area contributed by atoms with Crippen LogP contribution in [-0.4, -0.2) is 65.7 Å². The molecule has 150 valence electrons. The second kappa shape index (κ2) is 7.96. The minimum Gasteiger partial charge on any atom is -0.471 e. The second-order valence-electron chi connectivity index (χ2n) is 7.24. The Hall–Kier alpha value is -2.71. The van der Waals surface area contributed by atoms with Crippen LogP contribution in [0.2, 0.25) is 0 Å². The molecule has 0 saturated carbocycles. The molecule has 3 aromatic rings. The number of pyridine rings is 1. The molecule has 0 bridgehead atoms. The average Bonchev–Trinajstić information content (AvgIpc) is 3.44. The summed E-state index contributed by atoms with van der Waals surface area (Å²) in [6, 6.07) is 11.8.